The van der Waals surface area contributed by atoms with Crippen LogP contribution in [-0.2, 0) is 4.74 Å². The van der Waals surface area contributed by atoms with Gasteiger partial charge in [-0.1, -0.05) is 77.0 Å². The van der Waals surface area contributed by atoms with Crippen LogP contribution in [0.5, 0.6) is 0 Å². The Labute approximate surface area is 294 Å². The van der Waals surface area contributed by atoms with Gasteiger partial charge in [0.2, 0.25) is 0 Å². The van der Waals surface area contributed by atoms with Crippen LogP contribution in [0.25, 0.3) is 0 Å². The van der Waals surface area contributed by atoms with E-state index in [0.29, 0.717) is 30.7 Å². The Balaban J connectivity index is 0.912. The number of rotatable bonds is 4. The summed E-state index contributed by atoms with van der Waals surface area (Å²) in [7, 11) is 0. The molecule has 0 aromatic rings. The summed E-state index contributed by atoms with van der Waals surface area (Å²) in [6, 6.07) is 0. The van der Waals surface area contributed by atoms with Crippen LogP contribution >= 0.6 is 0 Å². The van der Waals surface area contributed by atoms with E-state index in [1.54, 1.807) is 25.7 Å². The van der Waals surface area contributed by atoms with E-state index in [1.165, 1.54) is 141 Å². The molecule has 0 aromatic carbocycles. The summed E-state index contributed by atoms with van der Waals surface area (Å²) < 4.78 is 7.38. The maximum absolute atomic E-state index is 7.38. The zero-order chi connectivity index (χ0) is 31.6. The molecule has 4 heteroatoms. The molecule has 2 heterocycles. The van der Waals surface area contributed by atoms with Crippen molar-refractivity contribution in [2.45, 2.75) is 198 Å². The van der Waals surface area contributed by atoms with Gasteiger partial charge in [0, 0.05) is 0 Å². The SMILES string of the molecule is C1CCC(C2NC(C3CCCCC3)NC(C3CC4C5CC(C6C7CCCCC7C7CCCCC76)CCC5OC4C4CCCCC34)N2)CC1. The summed E-state index contributed by atoms with van der Waals surface area (Å²) in [5.41, 5.74) is 0. The van der Waals surface area contributed by atoms with Gasteiger partial charge in [0.1, 0.15) is 0 Å². The lowest BCUT2D eigenvalue weighted by atomic mass is 9.56. The van der Waals surface area contributed by atoms with Gasteiger partial charge in [-0.25, -0.2) is 0 Å². The van der Waals surface area contributed by atoms with E-state index in [1.807, 2.05) is 0 Å². The molecule has 10 fully saturated rings. The molecule has 2 saturated heterocycles. The molecule has 14 atom stereocenters. The average molecular weight is 660 g/mol. The molecular formula is C44H73N3O. The van der Waals surface area contributed by atoms with Gasteiger partial charge in [0.15, 0.2) is 0 Å². The summed E-state index contributed by atoms with van der Waals surface area (Å²) in [5, 5.41) is 13.1. The number of nitrogens with one attached hydrogen (secondary N) is 3. The van der Waals surface area contributed by atoms with E-state index in [4.69, 9.17) is 4.74 Å². The van der Waals surface area contributed by atoms with Crippen LogP contribution in [-0.4, -0.2) is 30.7 Å². The summed E-state index contributed by atoms with van der Waals surface area (Å²) in [6.07, 6.45) is 41.3. The smallest absolute Gasteiger partial charge is 0.0641 e. The third-order valence-corrected chi connectivity index (χ3v) is 18.2. The van der Waals surface area contributed by atoms with Crippen molar-refractivity contribution in [3.63, 3.8) is 0 Å². The Morgan fingerprint density at radius 2 is 0.792 bits per heavy atom. The highest BCUT2D eigenvalue weighted by Crippen LogP contribution is 2.63. The lowest BCUT2D eigenvalue weighted by molar-refractivity contribution is -0.0883. The lowest BCUT2D eigenvalue weighted by Crippen LogP contribution is -2.73. The van der Waals surface area contributed by atoms with Gasteiger partial charge in [-0.3, -0.25) is 16.0 Å². The zero-order valence-electron chi connectivity index (χ0n) is 30.7. The molecule has 270 valence electrons. The van der Waals surface area contributed by atoms with E-state index < -0.39 is 0 Å². The van der Waals surface area contributed by atoms with Crippen LogP contribution in [0.15, 0.2) is 0 Å². The summed E-state index contributed by atoms with van der Waals surface area (Å²) in [4.78, 5) is 0. The Morgan fingerprint density at radius 1 is 0.312 bits per heavy atom. The third-order valence-electron chi connectivity index (χ3n) is 18.2. The monoisotopic (exact) mass is 660 g/mol. The molecule has 48 heavy (non-hydrogen) atoms. The molecule has 0 aromatic heterocycles. The number of hydrogen-bond acceptors (Lipinski definition) is 4. The lowest BCUT2D eigenvalue weighted by Gasteiger charge is -2.54. The molecule has 14 unspecified atom stereocenters. The molecule has 10 aliphatic rings. The van der Waals surface area contributed by atoms with Crippen molar-refractivity contribution in [3.05, 3.63) is 0 Å². The molecule has 0 radical (unpaired) electrons. The van der Waals surface area contributed by atoms with Gasteiger partial charge in [0.25, 0.3) is 0 Å². The first kappa shape index (κ1) is 32.5. The fraction of sp³-hybridized carbons (Fsp3) is 1.00. The molecule has 4 nitrogen and oxygen atoms in total. The van der Waals surface area contributed by atoms with Gasteiger partial charge >= 0.3 is 0 Å². The van der Waals surface area contributed by atoms with Crippen molar-refractivity contribution in [1.29, 1.82) is 0 Å². The molecule has 2 aliphatic heterocycles. The highest BCUT2D eigenvalue weighted by Gasteiger charge is 2.60. The second kappa shape index (κ2) is 14.0. The van der Waals surface area contributed by atoms with Crippen molar-refractivity contribution in [3.8, 4) is 0 Å². The Morgan fingerprint density at radius 3 is 1.38 bits per heavy atom. The second-order valence-electron chi connectivity index (χ2n) is 20.1. The molecule has 10 rings (SSSR count). The van der Waals surface area contributed by atoms with Crippen LogP contribution in [0.1, 0.15) is 167 Å². The number of ether oxygens (including phenoxy) is 1. The Kier molecular flexibility index (Phi) is 9.48. The standard InChI is InChI=1S/C44H73N3O/c1-3-13-27(14-4-1)42-45-43(28-15-5-2-6-16-28)47-44(46-42)38-26-37-36-25-29(23-24-39(36)48-41(37)35-22-12-9-19-32(35)38)40-33-20-10-7-17-30(33)31-18-8-11-21-34(31)40/h27-47H,1-26H2. The minimum atomic E-state index is 0.496. The van der Waals surface area contributed by atoms with Crippen LogP contribution in [0, 0.1) is 76.9 Å². The van der Waals surface area contributed by atoms with Crippen LogP contribution < -0.4 is 16.0 Å². The molecule has 0 spiro atoms. The number of fused-ring (bicyclic) bond motifs is 8. The fourth-order valence-electron chi connectivity index (χ4n) is 16.3. The van der Waals surface area contributed by atoms with Crippen molar-refractivity contribution < 1.29 is 4.74 Å². The largest absolute Gasteiger partial charge is 0.374 e. The molecular weight excluding hydrogens is 587 g/mol. The maximum Gasteiger partial charge on any atom is 0.0641 e. The first-order valence-electron chi connectivity index (χ1n) is 22.7. The fourth-order valence-corrected chi connectivity index (χ4v) is 16.3. The van der Waals surface area contributed by atoms with E-state index in [0.717, 1.165) is 76.9 Å². The second-order valence-corrected chi connectivity index (χ2v) is 20.1. The highest BCUT2D eigenvalue weighted by atomic mass is 16.5. The summed E-state index contributed by atoms with van der Waals surface area (Å²) in [6.45, 7) is 0. The van der Waals surface area contributed by atoms with Crippen LogP contribution in [0.3, 0.4) is 0 Å². The van der Waals surface area contributed by atoms with Gasteiger partial charge < -0.3 is 4.74 Å². The average Bonchev–Trinajstić information content (AvgIpc) is 3.70. The van der Waals surface area contributed by atoms with Crippen molar-refractivity contribution in [1.82, 2.24) is 16.0 Å². The minimum Gasteiger partial charge on any atom is -0.374 e. The van der Waals surface area contributed by atoms with Gasteiger partial charge in [-0.15, -0.1) is 0 Å². The zero-order valence-corrected chi connectivity index (χ0v) is 30.7. The molecule has 0 amide bonds. The van der Waals surface area contributed by atoms with Gasteiger partial charge in [0.05, 0.1) is 30.7 Å². The Bertz CT molecular complexity index is 1040. The molecule has 0 bridgehead atoms. The quantitative estimate of drug-likeness (QED) is 0.281. The van der Waals surface area contributed by atoms with Crippen molar-refractivity contribution in [2.24, 2.45) is 76.9 Å². The highest BCUT2D eigenvalue weighted by molar-refractivity contribution is 5.09. The molecule has 3 N–H and O–H groups in total. The number of hydrogen-bond donors (Lipinski definition) is 3. The van der Waals surface area contributed by atoms with Crippen LogP contribution in [0.4, 0.5) is 0 Å². The van der Waals surface area contributed by atoms with Gasteiger partial charge in [-0.05, 0) is 167 Å². The normalized spacial score (nSPS) is 53.2. The first-order chi connectivity index (χ1) is 23.8. The molecule has 8 saturated carbocycles. The van der Waals surface area contributed by atoms with E-state index >= 15 is 0 Å². The topological polar surface area (TPSA) is 45.3 Å². The van der Waals surface area contributed by atoms with E-state index in [-0.39, 0.29) is 0 Å². The predicted molar refractivity (Wildman–Crippen MR) is 195 cm³/mol. The summed E-state index contributed by atoms with van der Waals surface area (Å²) >= 11 is 0. The third kappa shape index (κ3) is 5.82. The van der Waals surface area contributed by atoms with E-state index in [9.17, 15) is 0 Å². The van der Waals surface area contributed by atoms with Crippen molar-refractivity contribution >= 4 is 0 Å². The minimum absolute atomic E-state index is 0.496. The van der Waals surface area contributed by atoms with Crippen LogP contribution in [0.2, 0.25) is 0 Å². The first-order valence-corrected chi connectivity index (χ1v) is 22.7. The van der Waals surface area contributed by atoms with Crippen molar-refractivity contribution in [2.75, 3.05) is 0 Å². The summed E-state index contributed by atoms with van der Waals surface area (Å²) in [5.74, 6) is 12.3. The molecule has 8 aliphatic carbocycles. The van der Waals surface area contributed by atoms with Gasteiger partial charge in [-0.2, -0.15) is 0 Å². The van der Waals surface area contributed by atoms with E-state index in [2.05, 4.69) is 16.0 Å². The maximum atomic E-state index is 7.38. The Hall–Kier alpha value is -0.160. The predicted octanol–water partition coefficient (Wildman–Crippen LogP) is 9.78.